The minimum atomic E-state index is -0.423. The molecule has 0 radical (unpaired) electrons. The van der Waals surface area contributed by atoms with Crippen LogP contribution in [0.3, 0.4) is 0 Å². The van der Waals surface area contributed by atoms with Crippen molar-refractivity contribution in [1.29, 1.82) is 0 Å². The largest absolute Gasteiger partial charge is 0.345 e. The Hall–Kier alpha value is -1.62. The summed E-state index contributed by atoms with van der Waals surface area (Å²) < 4.78 is 13.5. The number of carbonyl (C=O) groups excluding carboxylic acids is 1. The number of hydrogen-bond acceptors (Lipinski definition) is 2. The van der Waals surface area contributed by atoms with Crippen LogP contribution in [0, 0.1) is 12.7 Å². The summed E-state index contributed by atoms with van der Waals surface area (Å²) in [7, 11) is 0. The highest BCUT2D eigenvalue weighted by atomic mass is 35.5. The third-order valence-electron chi connectivity index (χ3n) is 3.64. The average Bonchev–Trinajstić information content (AvgIpc) is 2.54. The van der Waals surface area contributed by atoms with Gasteiger partial charge in [-0.1, -0.05) is 41.9 Å². The fourth-order valence-corrected chi connectivity index (χ4v) is 2.64. The van der Waals surface area contributed by atoms with Crippen LogP contribution in [0.1, 0.15) is 35.6 Å². The smallest absolute Gasteiger partial charge is 0.220 e. The number of carbonyl (C=O) groups is 1. The van der Waals surface area contributed by atoms with Crippen molar-refractivity contribution < 1.29 is 9.18 Å². The Balaban J connectivity index is 0.00000288. The second kappa shape index (κ2) is 9.62. The zero-order valence-corrected chi connectivity index (χ0v) is 15.0. The van der Waals surface area contributed by atoms with Crippen LogP contribution in [0.15, 0.2) is 42.5 Å². The van der Waals surface area contributed by atoms with Gasteiger partial charge in [0.15, 0.2) is 0 Å². The molecule has 0 saturated carbocycles. The number of hydrogen-bond donors (Lipinski definition) is 2. The molecule has 24 heavy (non-hydrogen) atoms. The van der Waals surface area contributed by atoms with Crippen LogP contribution < -0.4 is 11.1 Å². The zero-order valence-electron chi connectivity index (χ0n) is 13.4. The fraction of sp³-hybridized carbons (Fsp3) is 0.278. The van der Waals surface area contributed by atoms with Gasteiger partial charge in [0.25, 0.3) is 0 Å². The molecule has 0 fully saturated rings. The van der Waals surface area contributed by atoms with Gasteiger partial charge >= 0.3 is 0 Å². The zero-order chi connectivity index (χ0) is 16.8. The molecule has 1 unspecified atom stereocenters. The van der Waals surface area contributed by atoms with Crippen molar-refractivity contribution in [3.8, 4) is 0 Å². The topological polar surface area (TPSA) is 55.1 Å². The van der Waals surface area contributed by atoms with Crippen LogP contribution in [-0.4, -0.2) is 12.5 Å². The van der Waals surface area contributed by atoms with Crippen molar-refractivity contribution in [1.82, 2.24) is 5.32 Å². The maximum atomic E-state index is 13.5. The standard InChI is InChI=1S/C18H20ClFN2O.ClH/c1-12-11-13(8-9-16(12)20)18(22-17(23)7-4-10-21)14-5-2-3-6-15(14)19;/h2-3,5-6,8-9,11,18H,4,7,10,21H2,1H3,(H,22,23);1H. The highest BCUT2D eigenvalue weighted by Gasteiger charge is 2.19. The van der Waals surface area contributed by atoms with E-state index in [1.807, 2.05) is 18.2 Å². The van der Waals surface area contributed by atoms with Gasteiger partial charge in [-0.2, -0.15) is 0 Å². The highest BCUT2D eigenvalue weighted by Crippen LogP contribution is 2.29. The third-order valence-corrected chi connectivity index (χ3v) is 3.99. The summed E-state index contributed by atoms with van der Waals surface area (Å²) in [5, 5.41) is 3.52. The number of aryl methyl sites for hydroxylation is 1. The number of halogens is 3. The Labute approximate surface area is 152 Å². The maximum Gasteiger partial charge on any atom is 0.220 e. The van der Waals surface area contributed by atoms with Crippen LogP contribution in [-0.2, 0) is 4.79 Å². The lowest BCUT2D eigenvalue weighted by Gasteiger charge is -2.21. The monoisotopic (exact) mass is 370 g/mol. The van der Waals surface area contributed by atoms with Crippen LogP contribution >= 0.6 is 24.0 Å². The molecule has 2 rings (SSSR count). The normalized spacial score (nSPS) is 11.5. The molecule has 2 aromatic rings. The first-order valence-corrected chi connectivity index (χ1v) is 7.90. The van der Waals surface area contributed by atoms with Gasteiger partial charge in [-0.15, -0.1) is 12.4 Å². The predicted octanol–water partition coefficient (Wildman–Crippen LogP) is 4.15. The molecule has 0 aliphatic carbocycles. The van der Waals surface area contributed by atoms with Gasteiger partial charge < -0.3 is 11.1 Å². The van der Waals surface area contributed by atoms with Gasteiger partial charge in [0.1, 0.15) is 5.82 Å². The lowest BCUT2D eigenvalue weighted by Crippen LogP contribution is -2.29. The number of nitrogens with two attached hydrogens (primary N) is 1. The molecule has 1 atom stereocenters. The van der Waals surface area contributed by atoms with Gasteiger partial charge in [-0.3, -0.25) is 4.79 Å². The summed E-state index contributed by atoms with van der Waals surface area (Å²) in [4.78, 5) is 12.1. The molecule has 0 heterocycles. The molecule has 2 aromatic carbocycles. The Bertz CT molecular complexity index is 694. The van der Waals surface area contributed by atoms with Crippen molar-refractivity contribution >= 4 is 29.9 Å². The highest BCUT2D eigenvalue weighted by molar-refractivity contribution is 6.31. The molecule has 0 bridgehead atoms. The molecule has 0 aliphatic rings. The lowest BCUT2D eigenvalue weighted by atomic mass is 9.96. The third kappa shape index (κ3) is 5.20. The van der Waals surface area contributed by atoms with E-state index < -0.39 is 6.04 Å². The van der Waals surface area contributed by atoms with Crippen LogP contribution in [0.4, 0.5) is 4.39 Å². The number of benzene rings is 2. The first-order chi connectivity index (χ1) is 11.0. The van der Waals surface area contributed by atoms with Crippen molar-refractivity contribution in [2.45, 2.75) is 25.8 Å². The number of amides is 1. The van der Waals surface area contributed by atoms with Gasteiger partial charge in [0.2, 0.25) is 5.91 Å². The van der Waals surface area contributed by atoms with E-state index in [2.05, 4.69) is 5.32 Å². The van der Waals surface area contributed by atoms with E-state index in [4.69, 9.17) is 17.3 Å². The van der Waals surface area contributed by atoms with Gasteiger partial charge in [-0.05, 0) is 48.7 Å². The van der Waals surface area contributed by atoms with Gasteiger partial charge in [-0.25, -0.2) is 4.39 Å². The molecule has 3 nitrogen and oxygen atoms in total. The molecule has 0 saturated heterocycles. The molecule has 1 amide bonds. The van der Waals surface area contributed by atoms with Crippen molar-refractivity contribution in [3.63, 3.8) is 0 Å². The molecule has 0 aromatic heterocycles. The van der Waals surface area contributed by atoms with E-state index in [1.165, 1.54) is 6.07 Å². The molecule has 3 N–H and O–H groups in total. The SMILES string of the molecule is Cc1cc(C(NC(=O)CCCN)c2ccccc2Cl)ccc1F.Cl. The van der Waals surface area contributed by atoms with E-state index in [0.29, 0.717) is 30.0 Å². The Morgan fingerprint density at radius 1 is 1.29 bits per heavy atom. The maximum absolute atomic E-state index is 13.5. The summed E-state index contributed by atoms with van der Waals surface area (Å²) in [6.07, 6.45) is 0.959. The second-order valence-corrected chi connectivity index (χ2v) is 5.83. The second-order valence-electron chi connectivity index (χ2n) is 5.42. The summed E-state index contributed by atoms with van der Waals surface area (Å²) >= 11 is 6.28. The predicted molar refractivity (Wildman–Crippen MR) is 98.1 cm³/mol. The van der Waals surface area contributed by atoms with E-state index in [1.54, 1.807) is 25.1 Å². The summed E-state index contributed by atoms with van der Waals surface area (Å²) in [6.45, 7) is 2.15. The van der Waals surface area contributed by atoms with Gasteiger partial charge in [0, 0.05) is 11.4 Å². The quantitative estimate of drug-likeness (QED) is 0.801. The van der Waals surface area contributed by atoms with Crippen LogP contribution in [0.5, 0.6) is 0 Å². The van der Waals surface area contributed by atoms with E-state index in [0.717, 1.165) is 11.1 Å². The van der Waals surface area contributed by atoms with E-state index in [9.17, 15) is 9.18 Å². The fourth-order valence-electron chi connectivity index (χ4n) is 2.39. The first-order valence-electron chi connectivity index (χ1n) is 7.53. The van der Waals surface area contributed by atoms with Crippen molar-refractivity contribution in [2.75, 3.05) is 6.54 Å². The Morgan fingerprint density at radius 3 is 2.62 bits per heavy atom. The van der Waals surface area contributed by atoms with Crippen molar-refractivity contribution in [3.05, 3.63) is 70.0 Å². The summed E-state index contributed by atoms with van der Waals surface area (Å²) in [6, 6.07) is 11.7. The Kier molecular flexibility index (Phi) is 8.19. The van der Waals surface area contributed by atoms with E-state index >= 15 is 0 Å². The molecule has 0 spiro atoms. The molecule has 6 heteroatoms. The lowest BCUT2D eigenvalue weighted by molar-refractivity contribution is -0.121. The molecule has 130 valence electrons. The van der Waals surface area contributed by atoms with Crippen molar-refractivity contribution in [2.24, 2.45) is 5.73 Å². The van der Waals surface area contributed by atoms with Crippen LogP contribution in [0.2, 0.25) is 5.02 Å². The minimum Gasteiger partial charge on any atom is -0.345 e. The Morgan fingerprint density at radius 2 is 2.00 bits per heavy atom. The average molecular weight is 371 g/mol. The van der Waals surface area contributed by atoms with Crippen LogP contribution in [0.25, 0.3) is 0 Å². The molecular weight excluding hydrogens is 350 g/mol. The van der Waals surface area contributed by atoms with E-state index in [-0.39, 0.29) is 24.1 Å². The molecular formula is C18H21Cl2FN2O. The van der Waals surface area contributed by atoms with Gasteiger partial charge in [0.05, 0.1) is 6.04 Å². The minimum absolute atomic E-state index is 0. The molecule has 0 aliphatic heterocycles. The number of nitrogens with one attached hydrogen (secondary N) is 1. The summed E-state index contributed by atoms with van der Waals surface area (Å²) in [5.41, 5.74) is 7.54. The number of rotatable bonds is 6. The summed E-state index contributed by atoms with van der Waals surface area (Å²) in [5.74, 6) is -0.386. The first kappa shape index (κ1) is 20.4.